The van der Waals surface area contributed by atoms with E-state index in [9.17, 15) is 4.79 Å². The third kappa shape index (κ3) is 3.20. The first-order valence-electron chi connectivity index (χ1n) is 6.40. The van der Waals surface area contributed by atoms with E-state index in [2.05, 4.69) is 22.1 Å². The van der Waals surface area contributed by atoms with E-state index < -0.39 is 0 Å². The van der Waals surface area contributed by atoms with Crippen molar-refractivity contribution in [3.8, 4) is 0 Å². The maximum Gasteiger partial charge on any atom is 0.270 e. The minimum Gasteiger partial charge on any atom is -0.399 e. The number of nitrogen functional groups attached to an aromatic ring is 1. The van der Waals surface area contributed by atoms with E-state index >= 15 is 0 Å². The summed E-state index contributed by atoms with van der Waals surface area (Å²) < 4.78 is 0. The van der Waals surface area contributed by atoms with Gasteiger partial charge in [0.05, 0.1) is 0 Å². The minimum atomic E-state index is -0.159. The van der Waals surface area contributed by atoms with Gasteiger partial charge in [0.1, 0.15) is 5.69 Å². The van der Waals surface area contributed by atoms with Gasteiger partial charge in [-0.05, 0) is 45.0 Å². The highest BCUT2D eigenvalue weighted by Crippen LogP contribution is 2.11. The van der Waals surface area contributed by atoms with Crippen molar-refractivity contribution >= 4 is 11.6 Å². The minimum absolute atomic E-state index is 0.159. The lowest BCUT2D eigenvalue weighted by Crippen LogP contribution is -2.40. The van der Waals surface area contributed by atoms with Gasteiger partial charge >= 0.3 is 0 Å². The molecule has 1 saturated heterocycles. The molecule has 0 saturated carbocycles. The van der Waals surface area contributed by atoms with E-state index in [0.29, 0.717) is 24.0 Å². The molecular weight excluding hydrogens is 228 g/mol. The Hall–Kier alpha value is -1.62. The molecule has 0 aromatic carbocycles. The molecule has 18 heavy (non-hydrogen) atoms. The molecule has 1 unspecified atom stereocenters. The van der Waals surface area contributed by atoms with Gasteiger partial charge in [0.15, 0.2) is 0 Å². The number of pyridine rings is 1. The molecule has 1 atom stereocenters. The van der Waals surface area contributed by atoms with E-state index in [4.69, 9.17) is 5.73 Å². The number of anilines is 1. The zero-order valence-corrected chi connectivity index (χ0v) is 10.7. The van der Waals surface area contributed by atoms with Gasteiger partial charge in [-0.2, -0.15) is 0 Å². The fourth-order valence-electron chi connectivity index (χ4n) is 2.21. The molecule has 0 spiro atoms. The summed E-state index contributed by atoms with van der Waals surface area (Å²) in [6, 6.07) is 3.64. The largest absolute Gasteiger partial charge is 0.399 e. The molecule has 1 aliphatic heterocycles. The van der Waals surface area contributed by atoms with Crippen molar-refractivity contribution in [3.63, 3.8) is 0 Å². The number of carbonyl (C=O) groups is 1. The molecule has 3 N–H and O–H groups in total. The Kier molecular flexibility index (Phi) is 4.15. The van der Waals surface area contributed by atoms with Crippen LogP contribution in [-0.4, -0.2) is 41.5 Å². The molecular formula is C13H20N4O. The number of nitrogens with one attached hydrogen (secondary N) is 1. The van der Waals surface area contributed by atoms with Crippen LogP contribution in [-0.2, 0) is 0 Å². The Morgan fingerprint density at radius 2 is 2.28 bits per heavy atom. The van der Waals surface area contributed by atoms with Gasteiger partial charge in [0, 0.05) is 24.5 Å². The first-order chi connectivity index (χ1) is 8.66. The first kappa shape index (κ1) is 12.8. The van der Waals surface area contributed by atoms with Crippen molar-refractivity contribution in [1.29, 1.82) is 0 Å². The molecule has 0 aliphatic carbocycles. The second-order valence-electron chi connectivity index (χ2n) is 4.78. The van der Waals surface area contributed by atoms with Crippen molar-refractivity contribution in [2.75, 3.05) is 25.4 Å². The molecule has 98 valence electrons. The Labute approximate surface area is 107 Å². The van der Waals surface area contributed by atoms with Gasteiger partial charge in [0.25, 0.3) is 5.91 Å². The van der Waals surface area contributed by atoms with E-state index in [-0.39, 0.29) is 5.91 Å². The number of hydrogen-bond donors (Lipinski definition) is 2. The fraction of sp³-hybridized carbons (Fsp3) is 0.538. The molecule has 1 fully saturated rings. The zero-order valence-electron chi connectivity index (χ0n) is 10.7. The number of likely N-dealkylation sites (tertiary alicyclic amines) is 1. The Morgan fingerprint density at radius 3 is 2.94 bits per heavy atom. The van der Waals surface area contributed by atoms with Crippen LogP contribution in [0.25, 0.3) is 0 Å². The topological polar surface area (TPSA) is 71.2 Å². The quantitative estimate of drug-likeness (QED) is 0.829. The summed E-state index contributed by atoms with van der Waals surface area (Å²) in [6.07, 6.45) is 4.07. The van der Waals surface area contributed by atoms with Crippen LogP contribution in [0, 0.1) is 0 Å². The van der Waals surface area contributed by atoms with Crippen LogP contribution in [0.1, 0.15) is 30.3 Å². The smallest absolute Gasteiger partial charge is 0.270 e. The van der Waals surface area contributed by atoms with Gasteiger partial charge in [-0.3, -0.25) is 14.7 Å². The number of rotatable bonds is 4. The van der Waals surface area contributed by atoms with Crippen molar-refractivity contribution in [3.05, 3.63) is 24.0 Å². The summed E-state index contributed by atoms with van der Waals surface area (Å²) in [5, 5.41) is 2.90. The molecule has 1 aromatic rings. The number of aromatic nitrogens is 1. The van der Waals surface area contributed by atoms with Gasteiger partial charge in [0.2, 0.25) is 0 Å². The van der Waals surface area contributed by atoms with E-state index in [1.807, 2.05) is 0 Å². The number of carbonyl (C=O) groups excluding carboxylic acids is 1. The maximum atomic E-state index is 11.9. The number of nitrogens with two attached hydrogens (primary N) is 1. The summed E-state index contributed by atoms with van der Waals surface area (Å²) in [4.78, 5) is 18.3. The summed E-state index contributed by atoms with van der Waals surface area (Å²) in [7, 11) is 0. The molecule has 2 heterocycles. The average molecular weight is 248 g/mol. The third-order valence-corrected chi connectivity index (χ3v) is 3.34. The average Bonchev–Trinajstić information content (AvgIpc) is 2.89. The zero-order chi connectivity index (χ0) is 13.0. The SMILES string of the molecule is CC(CNC(=O)c1cc(N)ccn1)N1CCCC1. The van der Waals surface area contributed by atoms with Crippen molar-refractivity contribution < 1.29 is 4.79 Å². The fourth-order valence-corrected chi connectivity index (χ4v) is 2.21. The summed E-state index contributed by atoms with van der Waals surface area (Å²) >= 11 is 0. The summed E-state index contributed by atoms with van der Waals surface area (Å²) in [5.74, 6) is -0.159. The number of nitrogens with zero attached hydrogens (tertiary/aromatic N) is 2. The van der Waals surface area contributed by atoms with E-state index in [1.165, 1.54) is 12.8 Å². The lowest BCUT2D eigenvalue weighted by molar-refractivity contribution is 0.0935. The normalized spacial score (nSPS) is 17.6. The van der Waals surface area contributed by atoms with E-state index in [0.717, 1.165) is 13.1 Å². The van der Waals surface area contributed by atoms with Gasteiger partial charge < -0.3 is 11.1 Å². The highest BCUT2D eigenvalue weighted by atomic mass is 16.1. The Morgan fingerprint density at radius 1 is 1.56 bits per heavy atom. The number of hydrogen-bond acceptors (Lipinski definition) is 4. The molecule has 0 bridgehead atoms. The Bertz CT molecular complexity index is 415. The second kappa shape index (κ2) is 5.82. The highest BCUT2D eigenvalue weighted by molar-refractivity contribution is 5.92. The van der Waals surface area contributed by atoms with Crippen LogP contribution in [0.4, 0.5) is 5.69 Å². The van der Waals surface area contributed by atoms with Gasteiger partial charge in [-0.1, -0.05) is 0 Å². The molecule has 0 radical (unpaired) electrons. The van der Waals surface area contributed by atoms with Crippen LogP contribution in [0.2, 0.25) is 0 Å². The lowest BCUT2D eigenvalue weighted by atomic mass is 10.2. The van der Waals surface area contributed by atoms with Crippen LogP contribution in [0.15, 0.2) is 18.3 Å². The predicted molar refractivity (Wildman–Crippen MR) is 71.3 cm³/mol. The first-order valence-corrected chi connectivity index (χ1v) is 6.40. The molecule has 1 amide bonds. The van der Waals surface area contributed by atoms with Gasteiger partial charge in [-0.25, -0.2) is 0 Å². The predicted octanol–water partition coefficient (Wildman–Crippen LogP) is 0.878. The van der Waals surface area contributed by atoms with Crippen molar-refractivity contribution in [2.45, 2.75) is 25.8 Å². The highest BCUT2D eigenvalue weighted by Gasteiger charge is 2.18. The van der Waals surface area contributed by atoms with E-state index in [1.54, 1.807) is 18.3 Å². The maximum absolute atomic E-state index is 11.9. The lowest BCUT2D eigenvalue weighted by Gasteiger charge is -2.23. The molecule has 2 rings (SSSR count). The molecule has 1 aliphatic rings. The Balaban J connectivity index is 1.84. The van der Waals surface area contributed by atoms with Crippen LogP contribution < -0.4 is 11.1 Å². The van der Waals surface area contributed by atoms with Crippen molar-refractivity contribution in [1.82, 2.24) is 15.2 Å². The standard InChI is InChI=1S/C13H20N4O/c1-10(17-6-2-3-7-17)9-16-13(18)12-8-11(14)4-5-15-12/h4-5,8,10H,2-3,6-7,9H2,1H3,(H2,14,15)(H,16,18). The van der Waals surface area contributed by atoms with Crippen molar-refractivity contribution in [2.24, 2.45) is 0 Å². The molecule has 1 aromatic heterocycles. The number of amides is 1. The van der Waals surface area contributed by atoms with Crippen LogP contribution >= 0.6 is 0 Å². The molecule has 5 nitrogen and oxygen atoms in total. The summed E-state index contributed by atoms with van der Waals surface area (Å²) in [6.45, 7) is 5.05. The van der Waals surface area contributed by atoms with Crippen LogP contribution in [0.5, 0.6) is 0 Å². The summed E-state index contributed by atoms with van der Waals surface area (Å²) in [5.41, 5.74) is 6.56. The van der Waals surface area contributed by atoms with Crippen LogP contribution in [0.3, 0.4) is 0 Å². The van der Waals surface area contributed by atoms with Gasteiger partial charge in [-0.15, -0.1) is 0 Å². The second-order valence-corrected chi connectivity index (χ2v) is 4.78. The monoisotopic (exact) mass is 248 g/mol. The third-order valence-electron chi connectivity index (χ3n) is 3.34. The molecule has 5 heteroatoms.